The summed E-state index contributed by atoms with van der Waals surface area (Å²) in [5.74, 6) is 1.08. The van der Waals surface area contributed by atoms with Crippen LogP contribution in [0.2, 0.25) is 0 Å². The van der Waals surface area contributed by atoms with Crippen LogP contribution in [0.3, 0.4) is 0 Å². The highest BCUT2D eigenvalue weighted by Crippen LogP contribution is 2.53. The smallest absolute Gasteiger partial charge is 0.0411 e. The second-order valence-electron chi connectivity index (χ2n) is 3.60. The summed E-state index contributed by atoms with van der Waals surface area (Å²) >= 11 is 4.89. The molecule has 58 valence electrons. The number of hydrogen-bond donors (Lipinski definition) is 0. The van der Waals surface area contributed by atoms with Crippen LogP contribution in [0.5, 0.6) is 0 Å². The largest absolute Gasteiger partial charge is 0.182 e. The van der Waals surface area contributed by atoms with Crippen molar-refractivity contribution in [2.75, 3.05) is 0 Å². The first-order valence-corrected chi connectivity index (χ1v) is 5.78. The average Bonchev–Trinajstić information content (AvgIpc) is 2.45. The summed E-state index contributed by atoms with van der Waals surface area (Å²) in [6.45, 7) is 0. The molecule has 0 heterocycles. The molecule has 2 aliphatic rings. The number of rotatable bonds is 1. The van der Waals surface area contributed by atoms with Crippen LogP contribution >= 0.6 is 45.7 Å². The fourth-order valence-electron chi connectivity index (χ4n) is 2.40. The van der Waals surface area contributed by atoms with Gasteiger partial charge in [0.15, 0.2) is 0 Å². The minimum absolute atomic E-state index is 0.617. The van der Waals surface area contributed by atoms with Crippen molar-refractivity contribution < 1.29 is 0 Å². The second-order valence-corrected chi connectivity index (χ2v) is 7.38. The summed E-state index contributed by atoms with van der Waals surface area (Å²) in [7, 11) is 0. The number of fused-ring (bicyclic) bond motifs is 2. The highest BCUT2D eigenvalue weighted by molar-refractivity contribution is 14.2. The van der Waals surface area contributed by atoms with Crippen LogP contribution in [0.1, 0.15) is 32.1 Å². The van der Waals surface area contributed by atoms with E-state index in [0.717, 1.165) is 5.92 Å². The summed E-state index contributed by atoms with van der Waals surface area (Å²) in [6, 6.07) is 0. The third-order valence-electron chi connectivity index (χ3n) is 3.06. The van der Waals surface area contributed by atoms with Gasteiger partial charge in [-0.1, -0.05) is 0 Å². The Balaban J connectivity index is 2.15. The number of hydrogen-bond acceptors (Lipinski definition) is 1. The van der Waals surface area contributed by atoms with Gasteiger partial charge in [0.25, 0.3) is 0 Å². The Hall–Kier alpha value is 1.42. The van der Waals surface area contributed by atoms with Crippen LogP contribution in [-0.2, 0) is 0 Å². The van der Waals surface area contributed by atoms with E-state index in [-0.39, 0.29) is 0 Å². The summed E-state index contributed by atoms with van der Waals surface area (Å²) in [6.07, 6.45) is 7.34. The molecule has 0 aromatic carbocycles. The molecule has 0 amide bonds. The zero-order valence-electron chi connectivity index (χ0n) is 5.82. The fourth-order valence-corrected chi connectivity index (χ4v) is 3.76. The fraction of sp³-hybridized carbons (Fsp3) is 1.00. The van der Waals surface area contributed by atoms with Crippen molar-refractivity contribution in [1.82, 2.24) is 1.33 Å². The van der Waals surface area contributed by atoms with E-state index in [1.807, 2.05) is 0 Å². The predicted octanol–water partition coefficient (Wildman–Crippen LogP) is 3.32. The lowest BCUT2D eigenvalue weighted by molar-refractivity contribution is 0.341. The maximum absolute atomic E-state index is 2.44. The molecule has 2 rings (SSSR count). The van der Waals surface area contributed by atoms with Gasteiger partial charge in [0.1, 0.15) is 0 Å². The average molecular weight is 363 g/mol. The van der Waals surface area contributed by atoms with E-state index in [0.29, 0.717) is 5.54 Å². The lowest BCUT2D eigenvalue weighted by atomic mass is 9.95. The first kappa shape index (κ1) is 8.04. The van der Waals surface area contributed by atoms with E-state index in [4.69, 9.17) is 0 Å². The van der Waals surface area contributed by atoms with E-state index < -0.39 is 0 Å². The Bertz CT molecular complexity index is 139. The van der Waals surface area contributed by atoms with Crippen molar-refractivity contribution in [2.24, 2.45) is 5.92 Å². The molecule has 3 heteroatoms. The molecule has 0 N–H and O–H groups in total. The molecule has 10 heavy (non-hydrogen) atoms. The van der Waals surface area contributed by atoms with E-state index in [2.05, 4.69) is 47.1 Å². The number of halogens is 2. The Morgan fingerprint density at radius 3 is 2.00 bits per heavy atom. The van der Waals surface area contributed by atoms with Crippen molar-refractivity contribution in [3.8, 4) is 0 Å². The van der Waals surface area contributed by atoms with Gasteiger partial charge >= 0.3 is 0 Å². The van der Waals surface area contributed by atoms with Crippen LogP contribution in [-0.4, -0.2) is 6.87 Å². The molecular weight excluding hydrogens is 352 g/mol. The maximum Gasteiger partial charge on any atom is 0.0411 e. The maximum atomic E-state index is 2.44. The van der Waals surface area contributed by atoms with Crippen molar-refractivity contribution in [3.63, 3.8) is 0 Å². The lowest BCUT2D eigenvalue weighted by Gasteiger charge is -2.30. The second kappa shape index (κ2) is 2.73. The van der Waals surface area contributed by atoms with Gasteiger partial charge in [0.2, 0.25) is 0 Å². The lowest BCUT2D eigenvalue weighted by Crippen LogP contribution is -2.31. The topological polar surface area (TPSA) is 3.24 Å². The Labute approximate surface area is 89.9 Å². The molecule has 0 aliphatic heterocycles. The molecule has 0 spiro atoms. The normalized spacial score (nSPS) is 45.3. The van der Waals surface area contributed by atoms with Gasteiger partial charge in [-0.05, 0) is 38.0 Å². The summed E-state index contributed by atoms with van der Waals surface area (Å²) in [5, 5.41) is 0. The van der Waals surface area contributed by atoms with Crippen LogP contribution in [0, 0.1) is 5.92 Å². The summed E-state index contributed by atoms with van der Waals surface area (Å²) < 4.78 is 2.40. The molecule has 0 radical (unpaired) electrons. The van der Waals surface area contributed by atoms with Crippen molar-refractivity contribution in [1.29, 1.82) is 0 Å². The molecule has 0 aromatic rings. The minimum Gasteiger partial charge on any atom is -0.182 e. The molecule has 1 nitrogen and oxygen atoms in total. The molecule has 0 aromatic heterocycles. The molecule has 0 unspecified atom stereocenters. The molecule has 2 bridgehead atoms. The van der Waals surface area contributed by atoms with E-state index in [1.54, 1.807) is 0 Å². The molecule has 0 atom stereocenters. The monoisotopic (exact) mass is 363 g/mol. The molecule has 2 fully saturated rings. The third-order valence-corrected chi connectivity index (χ3v) is 5.11. The summed E-state index contributed by atoms with van der Waals surface area (Å²) in [5.41, 5.74) is 0.617. The van der Waals surface area contributed by atoms with E-state index in [9.17, 15) is 0 Å². The highest BCUT2D eigenvalue weighted by atomic mass is 127. The van der Waals surface area contributed by atoms with Crippen LogP contribution in [0.25, 0.3) is 0 Å². The van der Waals surface area contributed by atoms with Crippen molar-refractivity contribution >= 4 is 45.7 Å². The van der Waals surface area contributed by atoms with Gasteiger partial charge in [-0.25, -0.2) is 0 Å². The molecule has 0 saturated heterocycles. The number of nitrogens with zero attached hydrogens (tertiary/aromatic N) is 1. The Morgan fingerprint density at radius 1 is 1.20 bits per heavy atom. The first-order chi connectivity index (χ1) is 4.73. The third kappa shape index (κ3) is 1.12. The Morgan fingerprint density at radius 2 is 1.80 bits per heavy atom. The van der Waals surface area contributed by atoms with Gasteiger partial charge < -0.3 is 0 Å². The standard InChI is InChI=1S/C7H11I2N/c8-10(9)7-3-1-6(5-7)2-4-7/h6H,1-5H2. The SMILES string of the molecule is IN(I)C12CCC(CC1)C2. The van der Waals surface area contributed by atoms with Crippen LogP contribution in [0.4, 0.5) is 0 Å². The minimum atomic E-state index is 0.617. The van der Waals surface area contributed by atoms with Gasteiger partial charge in [-0.15, -0.1) is 0 Å². The molecule has 2 saturated carbocycles. The Kier molecular flexibility index (Phi) is 2.19. The highest BCUT2D eigenvalue weighted by Gasteiger charge is 2.47. The van der Waals surface area contributed by atoms with Gasteiger partial charge in [0.05, 0.1) is 0 Å². The molecular formula is C7H11I2N. The van der Waals surface area contributed by atoms with Gasteiger partial charge in [0, 0.05) is 51.3 Å². The van der Waals surface area contributed by atoms with E-state index >= 15 is 0 Å². The van der Waals surface area contributed by atoms with Crippen LogP contribution < -0.4 is 0 Å². The zero-order chi connectivity index (χ0) is 7.19. The predicted molar refractivity (Wildman–Crippen MR) is 59.2 cm³/mol. The first-order valence-electron chi connectivity index (χ1n) is 3.85. The van der Waals surface area contributed by atoms with Gasteiger partial charge in [-0.2, -0.15) is 1.33 Å². The van der Waals surface area contributed by atoms with Crippen molar-refractivity contribution in [2.45, 2.75) is 37.6 Å². The molecule has 2 aliphatic carbocycles. The quantitative estimate of drug-likeness (QED) is 0.511. The summed E-state index contributed by atoms with van der Waals surface area (Å²) in [4.78, 5) is 0. The zero-order valence-corrected chi connectivity index (χ0v) is 10.1. The van der Waals surface area contributed by atoms with E-state index in [1.165, 1.54) is 32.1 Å². The van der Waals surface area contributed by atoms with Crippen molar-refractivity contribution in [3.05, 3.63) is 0 Å². The van der Waals surface area contributed by atoms with Gasteiger partial charge in [-0.3, -0.25) is 0 Å². The van der Waals surface area contributed by atoms with Crippen LogP contribution in [0.15, 0.2) is 0 Å².